The summed E-state index contributed by atoms with van der Waals surface area (Å²) >= 11 is 0. The van der Waals surface area contributed by atoms with E-state index in [1.165, 1.54) is 0 Å². The van der Waals surface area contributed by atoms with E-state index in [0.29, 0.717) is 6.54 Å². The first kappa shape index (κ1) is 15.3. The number of carbonyl (C=O) groups excluding carboxylic acids is 1. The third-order valence-corrected chi connectivity index (χ3v) is 3.94. The van der Waals surface area contributed by atoms with Crippen LogP contribution in [-0.4, -0.2) is 10.5 Å². The Bertz CT molecular complexity index is 606. The highest BCUT2D eigenvalue weighted by atomic mass is 19.3. The van der Waals surface area contributed by atoms with E-state index in [9.17, 15) is 13.6 Å². The first-order valence-electron chi connectivity index (χ1n) is 6.64. The Morgan fingerprint density at radius 3 is 2.90 bits per heavy atom. The van der Waals surface area contributed by atoms with E-state index < -0.39 is 29.3 Å². The van der Waals surface area contributed by atoms with Gasteiger partial charge in [0.2, 0.25) is 0 Å². The average Bonchev–Trinajstić information content (AvgIpc) is 2.75. The maximum absolute atomic E-state index is 12.3. The van der Waals surface area contributed by atoms with E-state index in [-0.39, 0.29) is 6.61 Å². The highest BCUT2D eigenvalue weighted by Crippen LogP contribution is 2.60. The number of nitrogens with zero attached hydrogens (tertiary/aromatic N) is 1. The molecule has 0 spiro atoms. The zero-order valence-corrected chi connectivity index (χ0v) is 12.0. The summed E-state index contributed by atoms with van der Waals surface area (Å²) in [7, 11) is 0. The molecule has 2 rings (SSSR count). The van der Waals surface area contributed by atoms with Crippen LogP contribution in [0, 0.1) is 29.6 Å². The Kier molecular flexibility index (Phi) is 4.17. The molecule has 0 unspecified atom stereocenters. The van der Waals surface area contributed by atoms with Crippen LogP contribution in [0.2, 0.25) is 0 Å². The molecule has 0 saturated heterocycles. The number of esters is 1. The number of terminal acetylenes is 1. The first-order chi connectivity index (χ1) is 9.86. The molecule has 0 N–H and O–H groups in total. The highest BCUT2D eigenvalue weighted by molar-refractivity contribution is 5.78. The van der Waals surface area contributed by atoms with E-state index in [1.54, 1.807) is 36.9 Å². The predicted molar refractivity (Wildman–Crippen MR) is 74.1 cm³/mol. The fourth-order valence-corrected chi connectivity index (χ4v) is 2.60. The van der Waals surface area contributed by atoms with Crippen LogP contribution in [0.1, 0.15) is 19.4 Å². The number of allylic oxidation sites excluding steroid dienone is 1. The quantitative estimate of drug-likeness (QED) is 0.616. The first-order valence-corrected chi connectivity index (χ1v) is 6.64. The lowest BCUT2D eigenvalue weighted by Gasteiger charge is -2.04. The number of halogens is 2. The molecule has 0 aromatic carbocycles. The van der Waals surface area contributed by atoms with Crippen LogP contribution < -0.4 is 0 Å². The molecule has 0 amide bonds. The number of rotatable bonds is 5. The lowest BCUT2D eigenvalue weighted by atomic mass is 10.1. The van der Waals surface area contributed by atoms with Gasteiger partial charge in [0.25, 0.3) is 6.08 Å². The lowest BCUT2D eigenvalue weighted by Crippen LogP contribution is -2.10. The molecule has 1 saturated carbocycles. The largest absolute Gasteiger partial charge is 0.461 e. The maximum atomic E-state index is 12.3. The second-order valence-corrected chi connectivity index (χ2v) is 5.79. The highest BCUT2D eigenvalue weighted by Gasteiger charge is 2.61. The Balaban J connectivity index is 1.91. The molecule has 1 aromatic heterocycles. The molecular formula is C16H17F2NO2. The van der Waals surface area contributed by atoms with Gasteiger partial charge < -0.3 is 9.30 Å². The second-order valence-electron chi connectivity index (χ2n) is 5.79. The summed E-state index contributed by atoms with van der Waals surface area (Å²) in [5.41, 5.74) is 0.344. The minimum atomic E-state index is -1.75. The van der Waals surface area contributed by atoms with Crippen molar-refractivity contribution in [2.75, 3.05) is 0 Å². The van der Waals surface area contributed by atoms with Crippen LogP contribution >= 0.6 is 0 Å². The van der Waals surface area contributed by atoms with Crippen molar-refractivity contribution in [3.63, 3.8) is 0 Å². The summed E-state index contributed by atoms with van der Waals surface area (Å²) < 4.78 is 31.7. The van der Waals surface area contributed by atoms with Crippen molar-refractivity contribution in [3.8, 4) is 12.3 Å². The van der Waals surface area contributed by atoms with Gasteiger partial charge in [-0.2, -0.15) is 8.78 Å². The van der Waals surface area contributed by atoms with Gasteiger partial charge in [0, 0.05) is 23.9 Å². The monoisotopic (exact) mass is 293 g/mol. The Labute approximate surface area is 122 Å². The molecule has 2 atom stereocenters. The van der Waals surface area contributed by atoms with Crippen molar-refractivity contribution < 1.29 is 18.3 Å². The Morgan fingerprint density at radius 1 is 1.57 bits per heavy atom. The zero-order chi connectivity index (χ0) is 15.6. The van der Waals surface area contributed by atoms with Gasteiger partial charge in [-0.1, -0.05) is 19.8 Å². The minimum absolute atomic E-state index is 0.123. The molecule has 0 radical (unpaired) electrons. The summed E-state index contributed by atoms with van der Waals surface area (Å²) in [5, 5.41) is 0. The van der Waals surface area contributed by atoms with Crippen molar-refractivity contribution in [2.45, 2.75) is 27.0 Å². The van der Waals surface area contributed by atoms with Gasteiger partial charge in [-0.15, -0.1) is 6.42 Å². The molecule has 3 nitrogen and oxygen atoms in total. The summed E-state index contributed by atoms with van der Waals surface area (Å²) in [6.45, 7) is 4.14. The molecule has 1 heterocycles. The van der Waals surface area contributed by atoms with Crippen LogP contribution in [0.15, 0.2) is 30.6 Å². The van der Waals surface area contributed by atoms with Crippen molar-refractivity contribution in [1.82, 2.24) is 4.57 Å². The van der Waals surface area contributed by atoms with Gasteiger partial charge in [-0.3, -0.25) is 4.79 Å². The van der Waals surface area contributed by atoms with Gasteiger partial charge in [0.05, 0.1) is 12.5 Å². The van der Waals surface area contributed by atoms with Gasteiger partial charge in [-0.25, -0.2) is 0 Å². The molecule has 112 valence electrons. The summed E-state index contributed by atoms with van der Waals surface area (Å²) in [6.07, 6.45) is 7.88. The SMILES string of the molecule is C#CCn1ccc(COC(=O)[C@@H]2[C@H](C=C(F)F)C2(C)C)c1. The smallest absolute Gasteiger partial charge is 0.310 e. The van der Waals surface area contributed by atoms with E-state index in [0.717, 1.165) is 11.6 Å². The summed E-state index contributed by atoms with van der Waals surface area (Å²) in [5.74, 6) is 1.10. The molecule has 1 aliphatic carbocycles. The van der Waals surface area contributed by atoms with E-state index >= 15 is 0 Å². The van der Waals surface area contributed by atoms with E-state index in [4.69, 9.17) is 11.2 Å². The topological polar surface area (TPSA) is 31.2 Å². The number of hydrogen-bond acceptors (Lipinski definition) is 2. The number of carbonyl (C=O) groups is 1. The molecule has 1 fully saturated rings. The second kappa shape index (κ2) is 5.72. The van der Waals surface area contributed by atoms with Crippen molar-refractivity contribution in [3.05, 3.63) is 36.2 Å². The Hall–Kier alpha value is -2.09. The van der Waals surface area contributed by atoms with Gasteiger partial charge >= 0.3 is 5.97 Å². The third kappa shape index (κ3) is 3.33. The fraction of sp³-hybridized carbons (Fsp3) is 0.438. The molecule has 1 aliphatic rings. The normalized spacial score (nSPS) is 22.2. The van der Waals surface area contributed by atoms with Crippen LogP contribution in [0.4, 0.5) is 8.78 Å². The van der Waals surface area contributed by atoms with Gasteiger partial charge in [-0.05, 0) is 17.6 Å². The standard InChI is InChI=1S/C16H17F2NO2/c1-4-6-19-7-5-11(9-19)10-21-15(20)14-12(8-13(17)18)16(14,2)3/h1,5,7-9,12,14H,6,10H2,2-3H3/t12-,14-/m0/s1. The van der Waals surface area contributed by atoms with Crippen LogP contribution in [0.5, 0.6) is 0 Å². The maximum Gasteiger partial charge on any atom is 0.310 e. The fourth-order valence-electron chi connectivity index (χ4n) is 2.60. The minimum Gasteiger partial charge on any atom is -0.461 e. The van der Waals surface area contributed by atoms with Crippen molar-refractivity contribution in [2.24, 2.45) is 17.3 Å². The molecule has 5 heteroatoms. The number of hydrogen-bond donors (Lipinski definition) is 0. The van der Waals surface area contributed by atoms with E-state index in [1.807, 2.05) is 0 Å². The van der Waals surface area contributed by atoms with Gasteiger partial charge in [0.15, 0.2) is 0 Å². The molecule has 21 heavy (non-hydrogen) atoms. The number of ether oxygens (including phenoxy) is 1. The van der Waals surface area contributed by atoms with Crippen LogP contribution in [0.3, 0.4) is 0 Å². The molecule has 0 bridgehead atoms. The summed E-state index contributed by atoms with van der Waals surface area (Å²) in [4.78, 5) is 12.0. The lowest BCUT2D eigenvalue weighted by molar-refractivity contribution is -0.147. The summed E-state index contributed by atoms with van der Waals surface area (Å²) in [6, 6.07) is 1.81. The predicted octanol–water partition coefficient (Wildman–Crippen LogP) is 3.22. The molecular weight excluding hydrogens is 276 g/mol. The zero-order valence-electron chi connectivity index (χ0n) is 12.0. The van der Waals surface area contributed by atoms with E-state index in [2.05, 4.69) is 5.92 Å². The molecule has 1 aromatic rings. The Morgan fingerprint density at radius 2 is 2.29 bits per heavy atom. The number of aromatic nitrogens is 1. The molecule has 0 aliphatic heterocycles. The van der Waals surface area contributed by atoms with Crippen LogP contribution in [-0.2, 0) is 22.7 Å². The van der Waals surface area contributed by atoms with Gasteiger partial charge in [0.1, 0.15) is 6.61 Å². The van der Waals surface area contributed by atoms with Crippen LogP contribution in [0.25, 0.3) is 0 Å². The average molecular weight is 293 g/mol. The van der Waals surface area contributed by atoms with Crippen molar-refractivity contribution in [1.29, 1.82) is 0 Å². The third-order valence-electron chi connectivity index (χ3n) is 3.94. The van der Waals surface area contributed by atoms with Crippen molar-refractivity contribution >= 4 is 5.97 Å².